The number of ether oxygens (including phenoxy) is 2. The number of halogens is 2. The molecule has 0 bridgehead atoms. The van der Waals surface area contributed by atoms with Crippen molar-refractivity contribution in [2.45, 2.75) is 0 Å². The first-order valence-electron chi connectivity index (χ1n) is 4.41. The minimum atomic E-state index is 0.369. The van der Waals surface area contributed by atoms with Crippen LogP contribution in [0.15, 0.2) is 21.1 Å². The zero-order valence-electron chi connectivity index (χ0n) is 8.62. The second kappa shape index (κ2) is 4.55. The molecule has 0 atom stereocenters. The van der Waals surface area contributed by atoms with Gasteiger partial charge in [0.25, 0.3) is 11.8 Å². The van der Waals surface area contributed by atoms with Crippen LogP contribution in [0.3, 0.4) is 0 Å². The predicted molar refractivity (Wildman–Crippen MR) is 68.0 cm³/mol. The molecule has 1 aromatic carbocycles. The highest BCUT2D eigenvalue weighted by Gasteiger charge is 2.12. The van der Waals surface area contributed by atoms with Crippen LogP contribution in [0.1, 0.15) is 0 Å². The lowest BCUT2D eigenvalue weighted by Crippen LogP contribution is -1.97. The van der Waals surface area contributed by atoms with E-state index in [-0.39, 0.29) is 0 Å². The molecule has 0 unspecified atom stereocenters. The molecule has 0 saturated heterocycles. The van der Waals surface area contributed by atoms with E-state index >= 15 is 0 Å². The van der Waals surface area contributed by atoms with E-state index in [0.717, 1.165) is 20.0 Å². The Kier molecular flexibility index (Phi) is 3.30. The van der Waals surface area contributed by atoms with Gasteiger partial charge >= 0.3 is 0 Å². The summed E-state index contributed by atoms with van der Waals surface area (Å²) in [5.74, 6) is 0.748. The molecular formula is C10H8Br2N2O2. The molecule has 2 aromatic rings. The fourth-order valence-electron chi connectivity index (χ4n) is 1.30. The van der Waals surface area contributed by atoms with Gasteiger partial charge in [-0.05, 0) is 44.0 Å². The zero-order valence-corrected chi connectivity index (χ0v) is 11.8. The van der Waals surface area contributed by atoms with Gasteiger partial charge in [-0.25, -0.2) is 9.97 Å². The average molecular weight is 348 g/mol. The van der Waals surface area contributed by atoms with Crippen LogP contribution in [0.2, 0.25) is 0 Å². The fourth-order valence-corrected chi connectivity index (χ4v) is 2.04. The normalized spacial score (nSPS) is 10.5. The van der Waals surface area contributed by atoms with Crippen molar-refractivity contribution in [3.05, 3.63) is 21.1 Å². The largest absolute Gasteiger partial charge is 0.477 e. The molecule has 6 heteroatoms. The Labute approximate surface area is 109 Å². The van der Waals surface area contributed by atoms with Crippen molar-refractivity contribution in [1.29, 1.82) is 0 Å². The molecule has 1 aromatic heterocycles. The summed E-state index contributed by atoms with van der Waals surface area (Å²) in [6, 6.07) is 3.76. The van der Waals surface area contributed by atoms with Crippen molar-refractivity contribution >= 4 is 42.9 Å². The first-order chi connectivity index (χ1) is 7.67. The Morgan fingerprint density at radius 2 is 1.62 bits per heavy atom. The van der Waals surface area contributed by atoms with Gasteiger partial charge in [0.2, 0.25) is 0 Å². The van der Waals surface area contributed by atoms with Crippen molar-refractivity contribution in [2.75, 3.05) is 14.2 Å². The third kappa shape index (κ3) is 1.87. The van der Waals surface area contributed by atoms with E-state index in [4.69, 9.17) is 9.47 Å². The van der Waals surface area contributed by atoms with Crippen LogP contribution in [-0.4, -0.2) is 24.2 Å². The lowest BCUT2D eigenvalue weighted by Gasteiger charge is -2.08. The number of fused-ring (bicyclic) bond motifs is 1. The third-order valence-electron chi connectivity index (χ3n) is 2.05. The molecule has 0 N–H and O–H groups in total. The minimum Gasteiger partial charge on any atom is -0.477 e. The topological polar surface area (TPSA) is 44.2 Å². The number of benzene rings is 1. The molecule has 0 fully saturated rings. The molecule has 84 valence electrons. The third-order valence-corrected chi connectivity index (χ3v) is 4.05. The minimum absolute atomic E-state index is 0.369. The number of rotatable bonds is 2. The van der Waals surface area contributed by atoms with E-state index in [1.54, 1.807) is 0 Å². The van der Waals surface area contributed by atoms with E-state index in [2.05, 4.69) is 41.8 Å². The molecule has 1 heterocycles. The summed E-state index contributed by atoms with van der Waals surface area (Å²) >= 11 is 6.86. The molecule has 0 spiro atoms. The Bertz CT molecular complexity index is 546. The van der Waals surface area contributed by atoms with Crippen LogP contribution in [0, 0.1) is 0 Å². The van der Waals surface area contributed by atoms with Gasteiger partial charge < -0.3 is 9.47 Å². The van der Waals surface area contributed by atoms with Crippen LogP contribution in [0.4, 0.5) is 0 Å². The van der Waals surface area contributed by atoms with E-state index in [1.165, 1.54) is 14.2 Å². The Hall–Kier alpha value is -0.880. The summed E-state index contributed by atoms with van der Waals surface area (Å²) in [6.45, 7) is 0. The summed E-state index contributed by atoms with van der Waals surface area (Å²) in [4.78, 5) is 8.64. The van der Waals surface area contributed by atoms with Crippen molar-refractivity contribution in [3.63, 3.8) is 0 Å². The monoisotopic (exact) mass is 346 g/mol. The number of hydrogen-bond acceptors (Lipinski definition) is 4. The van der Waals surface area contributed by atoms with Crippen LogP contribution in [0.25, 0.3) is 11.0 Å². The van der Waals surface area contributed by atoms with Gasteiger partial charge in [0.1, 0.15) is 5.52 Å². The molecule has 0 saturated carbocycles. The summed E-state index contributed by atoms with van der Waals surface area (Å²) in [6.07, 6.45) is 0. The number of hydrogen-bond donors (Lipinski definition) is 0. The summed E-state index contributed by atoms with van der Waals surface area (Å²) in [7, 11) is 3.07. The molecule has 0 aliphatic carbocycles. The van der Waals surface area contributed by atoms with Crippen LogP contribution in [0.5, 0.6) is 11.8 Å². The number of nitrogens with zero attached hydrogens (tertiary/aromatic N) is 2. The van der Waals surface area contributed by atoms with E-state index in [9.17, 15) is 0 Å². The maximum Gasteiger partial charge on any atom is 0.278 e. The highest BCUT2D eigenvalue weighted by atomic mass is 79.9. The van der Waals surface area contributed by atoms with Crippen molar-refractivity contribution in [1.82, 2.24) is 9.97 Å². The molecular weight excluding hydrogens is 340 g/mol. The van der Waals surface area contributed by atoms with Gasteiger partial charge in [-0.1, -0.05) is 0 Å². The van der Waals surface area contributed by atoms with Crippen LogP contribution < -0.4 is 9.47 Å². The van der Waals surface area contributed by atoms with Crippen molar-refractivity contribution in [3.8, 4) is 11.8 Å². The molecule has 0 radical (unpaired) electrons. The quantitative estimate of drug-likeness (QED) is 0.837. The lowest BCUT2D eigenvalue weighted by atomic mass is 10.3. The van der Waals surface area contributed by atoms with E-state index in [0.29, 0.717) is 11.8 Å². The number of aromatic nitrogens is 2. The second-order valence-electron chi connectivity index (χ2n) is 2.97. The van der Waals surface area contributed by atoms with Gasteiger partial charge in [0.15, 0.2) is 0 Å². The maximum atomic E-state index is 5.10. The standard InChI is InChI=1S/C10H8Br2N2O2/c1-15-9-10(16-2)14-8-6(13-9)4-3-5(11)7(8)12/h3-4H,1-2H3. The summed E-state index contributed by atoms with van der Waals surface area (Å²) in [5.41, 5.74) is 1.47. The maximum absolute atomic E-state index is 5.10. The van der Waals surface area contributed by atoms with Gasteiger partial charge in [-0.15, -0.1) is 0 Å². The van der Waals surface area contributed by atoms with Gasteiger partial charge in [0, 0.05) is 4.47 Å². The summed E-state index contributed by atoms with van der Waals surface area (Å²) in [5, 5.41) is 0. The van der Waals surface area contributed by atoms with E-state index in [1.807, 2.05) is 12.1 Å². The first-order valence-corrected chi connectivity index (χ1v) is 5.99. The first kappa shape index (κ1) is 11.6. The van der Waals surface area contributed by atoms with Crippen molar-refractivity contribution < 1.29 is 9.47 Å². The van der Waals surface area contributed by atoms with Crippen LogP contribution >= 0.6 is 31.9 Å². The molecule has 2 rings (SSSR count). The Balaban J connectivity index is 2.78. The zero-order chi connectivity index (χ0) is 11.7. The molecule has 16 heavy (non-hydrogen) atoms. The molecule has 0 aliphatic heterocycles. The highest BCUT2D eigenvalue weighted by Crippen LogP contribution is 2.33. The summed E-state index contributed by atoms with van der Waals surface area (Å²) < 4.78 is 12.0. The smallest absolute Gasteiger partial charge is 0.278 e. The Morgan fingerprint density at radius 1 is 1.00 bits per heavy atom. The van der Waals surface area contributed by atoms with Gasteiger partial charge in [-0.3, -0.25) is 0 Å². The van der Waals surface area contributed by atoms with Crippen molar-refractivity contribution in [2.24, 2.45) is 0 Å². The van der Waals surface area contributed by atoms with E-state index < -0.39 is 0 Å². The Morgan fingerprint density at radius 3 is 2.25 bits per heavy atom. The predicted octanol–water partition coefficient (Wildman–Crippen LogP) is 3.17. The fraction of sp³-hybridized carbons (Fsp3) is 0.200. The SMILES string of the molecule is COc1nc2ccc(Br)c(Br)c2nc1OC. The second-order valence-corrected chi connectivity index (χ2v) is 4.62. The highest BCUT2D eigenvalue weighted by molar-refractivity contribution is 9.13. The van der Waals surface area contributed by atoms with Gasteiger partial charge in [0.05, 0.1) is 24.2 Å². The molecule has 4 nitrogen and oxygen atoms in total. The molecule has 0 aliphatic rings. The number of methoxy groups -OCH3 is 2. The van der Waals surface area contributed by atoms with Gasteiger partial charge in [-0.2, -0.15) is 0 Å². The average Bonchev–Trinajstić information content (AvgIpc) is 2.32. The molecule has 0 amide bonds. The van der Waals surface area contributed by atoms with Crippen LogP contribution in [-0.2, 0) is 0 Å². The lowest BCUT2D eigenvalue weighted by molar-refractivity contribution is 0.334.